The summed E-state index contributed by atoms with van der Waals surface area (Å²) in [6.45, 7) is 3.02. The number of piperidine rings is 1. The van der Waals surface area contributed by atoms with Crippen molar-refractivity contribution in [3.05, 3.63) is 58.8 Å². The van der Waals surface area contributed by atoms with E-state index < -0.39 is 0 Å². The topological polar surface area (TPSA) is 63.2 Å². The van der Waals surface area contributed by atoms with Crippen LogP contribution in [0.1, 0.15) is 26.2 Å². The lowest BCUT2D eigenvalue weighted by Crippen LogP contribution is -2.38. The fraction of sp³-hybridized carbons (Fsp3) is 0.286. The maximum absolute atomic E-state index is 14.1. The fourth-order valence-corrected chi connectivity index (χ4v) is 3.53. The maximum Gasteiger partial charge on any atom is 0.328 e. The summed E-state index contributed by atoms with van der Waals surface area (Å²) in [5.74, 6) is 0.994. The molecule has 1 aliphatic rings. The molecule has 1 aromatic heterocycles. The van der Waals surface area contributed by atoms with E-state index >= 15 is 0 Å². The highest BCUT2D eigenvalue weighted by Gasteiger charge is 2.23. The van der Waals surface area contributed by atoms with Crippen LogP contribution in [0.3, 0.4) is 0 Å². The first-order valence-electron chi connectivity index (χ1n) is 9.56. The first kappa shape index (κ1) is 19.6. The van der Waals surface area contributed by atoms with E-state index in [9.17, 15) is 4.39 Å². The average molecular weight is 458 g/mol. The minimum Gasteiger partial charge on any atom is -0.424 e. The summed E-state index contributed by atoms with van der Waals surface area (Å²) in [5.41, 5.74) is 0.297. The first-order valence-corrected chi connectivity index (χ1v) is 10.4. The Kier molecular flexibility index (Phi) is 5.89. The molecule has 0 bridgehead atoms. The molecule has 3 aromatic rings. The van der Waals surface area contributed by atoms with Crippen LogP contribution in [0.15, 0.2) is 53.0 Å². The van der Waals surface area contributed by atoms with Crippen molar-refractivity contribution in [1.29, 1.82) is 0 Å². The van der Waals surface area contributed by atoms with E-state index in [1.54, 1.807) is 18.2 Å². The monoisotopic (exact) mass is 457 g/mol. The number of nitrogens with one attached hydrogen (secondary N) is 1. The lowest BCUT2D eigenvalue weighted by atomic mass is 10.0. The Bertz CT molecular complexity index is 985. The molecule has 1 aliphatic heterocycles. The van der Waals surface area contributed by atoms with E-state index in [0.717, 1.165) is 23.9 Å². The van der Waals surface area contributed by atoms with Gasteiger partial charge in [0.15, 0.2) is 0 Å². The van der Waals surface area contributed by atoms with Crippen LogP contribution in [0.4, 0.5) is 22.0 Å². The molecule has 0 spiro atoms. The summed E-state index contributed by atoms with van der Waals surface area (Å²) in [6.07, 6.45) is 3.34. The molecule has 2 aromatic carbocycles. The second-order valence-corrected chi connectivity index (χ2v) is 7.86. The number of hydrogen-bond donors (Lipinski definition) is 1. The zero-order valence-electron chi connectivity index (χ0n) is 16.0. The van der Waals surface area contributed by atoms with Crippen LogP contribution in [0.25, 0.3) is 0 Å². The molecule has 29 heavy (non-hydrogen) atoms. The number of anilines is 3. The Morgan fingerprint density at radius 3 is 2.62 bits per heavy atom. The molecular formula is C21H21BrFN5O. The van der Waals surface area contributed by atoms with Gasteiger partial charge in [0, 0.05) is 17.1 Å². The number of aromatic nitrogens is 3. The molecule has 1 fully saturated rings. The summed E-state index contributed by atoms with van der Waals surface area (Å²) in [5, 5.41) is 2.95. The predicted octanol–water partition coefficient (Wildman–Crippen LogP) is 5.69. The molecule has 0 saturated carbocycles. The van der Waals surface area contributed by atoms with Crippen molar-refractivity contribution in [2.24, 2.45) is 0 Å². The second kappa shape index (κ2) is 8.73. The van der Waals surface area contributed by atoms with Gasteiger partial charge in [-0.1, -0.05) is 28.1 Å². The Labute approximate surface area is 177 Å². The Morgan fingerprint density at radius 2 is 1.86 bits per heavy atom. The minimum atomic E-state index is -0.379. The van der Waals surface area contributed by atoms with Crippen molar-refractivity contribution in [2.75, 3.05) is 16.8 Å². The van der Waals surface area contributed by atoms with Gasteiger partial charge in [0.25, 0.3) is 0 Å². The van der Waals surface area contributed by atoms with Crippen molar-refractivity contribution < 1.29 is 9.13 Å². The van der Waals surface area contributed by atoms with Crippen LogP contribution in [0, 0.1) is 5.82 Å². The third-order valence-electron chi connectivity index (χ3n) is 4.81. The SMILES string of the molecule is C[C@@H]1CCCCN1c1nc(Nc2ccccc2F)nc(Oc2ccc(Br)cc2)n1. The molecule has 0 aliphatic carbocycles. The summed E-state index contributed by atoms with van der Waals surface area (Å²) in [7, 11) is 0. The molecule has 1 N–H and O–H groups in total. The van der Waals surface area contributed by atoms with E-state index in [-0.39, 0.29) is 17.8 Å². The summed E-state index contributed by atoms with van der Waals surface area (Å²) in [4.78, 5) is 15.6. The molecule has 2 heterocycles. The van der Waals surface area contributed by atoms with Crippen molar-refractivity contribution in [1.82, 2.24) is 15.0 Å². The Hall–Kier alpha value is -2.74. The van der Waals surface area contributed by atoms with Gasteiger partial charge >= 0.3 is 6.01 Å². The number of halogens is 2. The predicted molar refractivity (Wildman–Crippen MR) is 114 cm³/mol. The van der Waals surface area contributed by atoms with Crippen LogP contribution >= 0.6 is 15.9 Å². The van der Waals surface area contributed by atoms with E-state index in [4.69, 9.17) is 4.74 Å². The normalized spacial score (nSPS) is 16.5. The molecule has 6 nitrogen and oxygen atoms in total. The summed E-state index contributed by atoms with van der Waals surface area (Å²) < 4.78 is 20.9. The quantitative estimate of drug-likeness (QED) is 0.530. The molecule has 0 radical (unpaired) electrons. The van der Waals surface area contributed by atoms with Gasteiger partial charge in [-0.2, -0.15) is 15.0 Å². The van der Waals surface area contributed by atoms with E-state index in [1.165, 1.54) is 12.5 Å². The highest BCUT2D eigenvalue weighted by Crippen LogP contribution is 2.27. The van der Waals surface area contributed by atoms with Crippen LogP contribution in [-0.2, 0) is 0 Å². The number of benzene rings is 2. The highest BCUT2D eigenvalue weighted by atomic mass is 79.9. The van der Waals surface area contributed by atoms with Gasteiger partial charge in [-0.15, -0.1) is 0 Å². The van der Waals surface area contributed by atoms with E-state index in [0.29, 0.717) is 23.4 Å². The number of nitrogens with zero attached hydrogens (tertiary/aromatic N) is 4. The Morgan fingerprint density at radius 1 is 1.07 bits per heavy atom. The van der Waals surface area contributed by atoms with Gasteiger partial charge in [0.1, 0.15) is 11.6 Å². The third-order valence-corrected chi connectivity index (χ3v) is 5.33. The Balaban J connectivity index is 1.68. The van der Waals surface area contributed by atoms with Crippen LogP contribution < -0.4 is 15.0 Å². The molecule has 150 valence electrons. The van der Waals surface area contributed by atoms with Crippen molar-refractivity contribution in [2.45, 2.75) is 32.2 Å². The second-order valence-electron chi connectivity index (χ2n) is 6.94. The van der Waals surface area contributed by atoms with Crippen molar-refractivity contribution in [3.8, 4) is 11.8 Å². The summed E-state index contributed by atoms with van der Waals surface area (Å²) >= 11 is 3.41. The molecule has 0 amide bonds. The lowest BCUT2D eigenvalue weighted by molar-refractivity contribution is 0.432. The van der Waals surface area contributed by atoms with E-state index in [2.05, 4.69) is 48.0 Å². The molecule has 0 unspecified atom stereocenters. The smallest absolute Gasteiger partial charge is 0.328 e. The lowest BCUT2D eigenvalue weighted by Gasteiger charge is -2.33. The first-order chi connectivity index (χ1) is 14.1. The number of para-hydroxylation sites is 1. The van der Waals surface area contributed by atoms with Crippen LogP contribution in [0.2, 0.25) is 0 Å². The number of hydrogen-bond acceptors (Lipinski definition) is 6. The zero-order valence-corrected chi connectivity index (χ0v) is 17.6. The van der Waals surface area contributed by atoms with E-state index in [1.807, 2.05) is 24.3 Å². The molecular weight excluding hydrogens is 437 g/mol. The van der Waals surface area contributed by atoms with Gasteiger partial charge in [0.2, 0.25) is 11.9 Å². The molecule has 8 heteroatoms. The van der Waals surface area contributed by atoms with Gasteiger partial charge in [0.05, 0.1) is 5.69 Å². The minimum absolute atomic E-state index is 0.161. The fourth-order valence-electron chi connectivity index (χ4n) is 3.26. The average Bonchev–Trinajstić information content (AvgIpc) is 2.72. The van der Waals surface area contributed by atoms with Crippen LogP contribution in [0.5, 0.6) is 11.8 Å². The third kappa shape index (κ3) is 4.82. The van der Waals surface area contributed by atoms with Gasteiger partial charge in [-0.3, -0.25) is 0 Å². The molecule has 1 atom stereocenters. The van der Waals surface area contributed by atoms with Gasteiger partial charge < -0.3 is 15.0 Å². The summed E-state index contributed by atoms with van der Waals surface area (Å²) in [6, 6.07) is 14.3. The highest BCUT2D eigenvalue weighted by molar-refractivity contribution is 9.10. The molecule has 1 saturated heterocycles. The largest absolute Gasteiger partial charge is 0.424 e. The van der Waals surface area contributed by atoms with Gasteiger partial charge in [-0.05, 0) is 62.6 Å². The number of ether oxygens (including phenoxy) is 1. The van der Waals surface area contributed by atoms with Crippen molar-refractivity contribution >= 4 is 33.5 Å². The van der Waals surface area contributed by atoms with Crippen LogP contribution in [-0.4, -0.2) is 27.5 Å². The maximum atomic E-state index is 14.1. The zero-order chi connectivity index (χ0) is 20.2. The standard InChI is InChI=1S/C21H21BrFN5O/c1-14-6-4-5-13-28(14)20-25-19(24-18-8-3-2-7-17(18)23)26-21(27-20)29-16-11-9-15(22)10-12-16/h2-3,7-12,14H,4-6,13H2,1H3,(H,24,25,26,27)/t14-/m1/s1. The number of rotatable bonds is 5. The van der Waals surface area contributed by atoms with Gasteiger partial charge in [-0.25, -0.2) is 4.39 Å². The van der Waals surface area contributed by atoms with Crippen molar-refractivity contribution in [3.63, 3.8) is 0 Å². The molecule has 4 rings (SSSR count).